The summed E-state index contributed by atoms with van der Waals surface area (Å²) < 4.78 is 5.34. The Bertz CT molecular complexity index is 1340. The van der Waals surface area contributed by atoms with Crippen LogP contribution in [0.2, 0.25) is 0 Å². The van der Waals surface area contributed by atoms with E-state index in [1.54, 1.807) is 31.7 Å². The normalized spacial score (nSPS) is 15.8. The number of ketones is 1. The molecule has 15 heteroatoms. The van der Waals surface area contributed by atoms with Crippen LogP contribution >= 0.6 is 11.3 Å². The Hall–Kier alpha value is -4.53. The second-order valence-electron chi connectivity index (χ2n) is 11.7. The molecule has 1 aliphatic heterocycles. The average Bonchev–Trinajstić information content (AvgIpc) is 3.69. The van der Waals surface area contributed by atoms with Gasteiger partial charge in [0.05, 0.1) is 17.2 Å². The van der Waals surface area contributed by atoms with Crippen molar-refractivity contribution in [1.82, 2.24) is 25.8 Å². The zero-order valence-electron chi connectivity index (χ0n) is 25.8. The number of thiazole rings is 1. The smallest absolute Gasteiger partial charge is 0.408 e. The van der Waals surface area contributed by atoms with Crippen LogP contribution in [0, 0.1) is 0 Å². The van der Waals surface area contributed by atoms with Crippen molar-refractivity contribution < 1.29 is 28.7 Å². The molecule has 1 aromatic heterocycles. The van der Waals surface area contributed by atoms with Crippen LogP contribution in [0.4, 0.5) is 4.79 Å². The quantitative estimate of drug-likeness (QED) is 0.0859. The summed E-state index contributed by atoms with van der Waals surface area (Å²) in [5.74, 6) is -2.84. The molecule has 2 aromatic rings. The molecule has 244 valence electrons. The fourth-order valence-electron chi connectivity index (χ4n) is 4.76. The molecule has 1 aromatic carbocycles. The van der Waals surface area contributed by atoms with E-state index in [2.05, 4.69) is 25.9 Å². The van der Waals surface area contributed by atoms with Crippen LogP contribution in [0.25, 0.3) is 0 Å². The Labute approximate surface area is 266 Å². The first-order valence-corrected chi connectivity index (χ1v) is 15.6. The van der Waals surface area contributed by atoms with Gasteiger partial charge in [0.1, 0.15) is 18.7 Å². The van der Waals surface area contributed by atoms with Crippen molar-refractivity contribution in [2.75, 3.05) is 13.1 Å². The number of nitrogens with one attached hydrogen (secondary N) is 3. The van der Waals surface area contributed by atoms with E-state index in [9.17, 15) is 24.0 Å². The molecule has 1 aliphatic rings. The summed E-state index contributed by atoms with van der Waals surface area (Å²) in [6, 6.07) is 5.97. The third-order valence-electron chi connectivity index (χ3n) is 6.83. The number of carbonyl (C=O) groups is 5. The maximum absolute atomic E-state index is 13.8. The number of Topliss-reactive ketones (excluding diaryl/α,β-unsaturated/α-hetero) is 1. The fourth-order valence-corrected chi connectivity index (χ4v) is 5.33. The van der Waals surface area contributed by atoms with Gasteiger partial charge in [-0.15, -0.1) is 11.3 Å². The molecule has 14 nitrogen and oxygen atoms in total. The summed E-state index contributed by atoms with van der Waals surface area (Å²) >= 11 is 1.35. The van der Waals surface area contributed by atoms with E-state index in [0.29, 0.717) is 25.0 Å². The predicted octanol–water partition coefficient (Wildman–Crippen LogP) is 0.994. The summed E-state index contributed by atoms with van der Waals surface area (Å²) in [6.07, 6.45) is 0.578. The number of nitrogens with zero attached hydrogens (tertiary/aromatic N) is 3. The molecule has 0 unspecified atom stereocenters. The second kappa shape index (κ2) is 16.5. The van der Waals surface area contributed by atoms with E-state index in [1.807, 2.05) is 30.3 Å². The lowest BCUT2D eigenvalue weighted by Gasteiger charge is -2.29. The minimum Gasteiger partial charge on any atom is -0.445 e. The molecule has 4 amide bonds. The highest BCUT2D eigenvalue weighted by Crippen LogP contribution is 2.21. The van der Waals surface area contributed by atoms with Crippen molar-refractivity contribution in [2.45, 2.75) is 83.1 Å². The van der Waals surface area contributed by atoms with Crippen LogP contribution in [0.5, 0.6) is 0 Å². The van der Waals surface area contributed by atoms with Crippen LogP contribution in [0.15, 0.2) is 46.2 Å². The molecule has 0 saturated carbocycles. The monoisotopic (exact) mass is 642 g/mol. The van der Waals surface area contributed by atoms with Crippen molar-refractivity contribution in [3.8, 4) is 0 Å². The van der Waals surface area contributed by atoms with Gasteiger partial charge in [-0.3, -0.25) is 24.2 Å². The van der Waals surface area contributed by atoms with Crippen molar-refractivity contribution >= 4 is 46.9 Å². The molecule has 45 heavy (non-hydrogen) atoms. The van der Waals surface area contributed by atoms with Gasteiger partial charge < -0.3 is 37.1 Å². The lowest BCUT2D eigenvalue weighted by molar-refractivity contribution is -0.143. The van der Waals surface area contributed by atoms with E-state index in [-0.39, 0.29) is 38.5 Å². The SMILES string of the molecule is CC(C)(C)NC(=O)C(=O)[C@H](CCCN=C(N)N)NC(=O)[C@@H]1CCCN1C(=O)[C@H](Cc1cscn1)NC(=O)OCc1ccccc1. The third-order valence-corrected chi connectivity index (χ3v) is 7.46. The van der Waals surface area contributed by atoms with E-state index < -0.39 is 53.3 Å². The van der Waals surface area contributed by atoms with E-state index in [1.165, 1.54) is 16.2 Å². The number of hydrogen-bond acceptors (Lipinski definition) is 9. The topological polar surface area (TPSA) is 211 Å². The zero-order valence-corrected chi connectivity index (χ0v) is 26.6. The standard InChI is InChI=1S/C30H42N8O6S/c1-30(2,3)37-26(41)24(39)21(11-7-13-33-28(31)32)35-25(40)23-12-8-14-38(23)27(42)22(15-20-17-45-18-34-20)36-29(43)44-16-19-9-5-4-6-10-19/h4-6,9-10,17-18,21-23H,7-8,11-16H2,1-3H3,(H,35,40)(H,36,43)(H,37,41)(H4,31,32,33)/t21-,22-,23-/m0/s1. The van der Waals surface area contributed by atoms with Crippen LogP contribution in [0.1, 0.15) is 57.7 Å². The third kappa shape index (κ3) is 11.5. The number of aliphatic imine (C=N–C) groups is 1. The number of amides is 4. The van der Waals surface area contributed by atoms with Crippen molar-refractivity contribution in [2.24, 2.45) is 16.5 Å². The fraction of sp³-hybridized carbons (Fsp3) is 0.500. The summed E-state index contributed by atoms with van der Waals surface area (Å²) in [5, 5.41) is 9.72. The van der Waals surface area contributed by atoms with Gasteiger partial charge in [-0.05, 0) is 52.0 Å². The molecular formula is C30H42N8O6S. The van der Waals surface area contributed by atoms with E-state index in [0.717, 1.165) is 5.56 Å². The van der Waals surface area contributed by atoms with Crippen molar-refractivity contribution in [1.29, 1.82) is 0 Å². The molecule has 2 heterocycles. The van der Waals surface area contributed by atoms with Gasteiger partial charge in [-0.1, -0.05) is 30.3 Å². The molecule has 0 bridgehead atoms. The molecule has 1 fully saturated rings. The van der Waals surface area contributed by atoms with Gasteiger partial charge in [-0.25, -0.2) is 9.78 Å². The summed E-state index contributed by atoms with van der Waals surface area (Å²) in [5.41, 5.74) is 13.1. The van der Waals surface area contributed by atoms with Gasteiger partial charge in [0.2, 0.25) is 17.6 Å². The van der Waals surface area contributed by atoms with Crippen LogP contribution < -0.4 is 27.4 Å². The van der Waals surface area contributed by atoms with Crippen LogP contribution in [-0.2, 0) is 36.9 Å². The van der Waals surface area contributed by atoms with E-state index >= 15 is 0 Å². The maximum Gasteiger partial charge on any atom is 0.408 e. The highest BCUT2D eigenvalue weighted by molar-refractivity contribution is 7.07. The minimum atomic E-state index is -1.16. The molecular weight excluding hydrogens is 600 g/mol. The van der Waals surface area contributed by atoms with Gasteiger partial charge in [0.15, 0.2) is 5.96 Å². The number of hydrogen-bond donors (Lipinski definition) is 5. The summed E-state index contributed by atoms with van der Waals surface area (Å²) in [4.78, 5) is 75.5. The Morgan fingerprint density at radius 1 is 1.11 bits per heavy atom. The number of ether oxygens (including phenoxy) is 1. The van der Waals surface area contributed by atoms with Crippen molar-refractivity contribution in [3.05, 3.63) is 52.5 Å². The molecule has 7 N–H and O–H groups in total. The highest BCUT2D eigenvalue weighted by Gasteiger charge is 2.40. The number of alkyl carbamates (subject to hydrolysis) is 1. The first-order chi connectivity index (χ1) is 21.3. The van der Waals surface area contributed by atoms with Crippen LogP contribution in [0.3, 0.4) is 0 Å². The first kappa shape index (κ1) is 35.0. The zero-order chi connectivity index (χ0) is 33.0. The predicted molar refractivity (Wildman–Crippen MR) is 169 cm³/mol. The van der Waals surface area contributed by atoms with Gasteiger partial charge in [-0.2, -0.15) is 0 Å². The molecule has 0 spiro atoms. The highest BCUT2D eigenvalue weighted by atomic mass is 32.1. The molecule has 3 rings (SSSR count). The average molecular weight is 643 g/mol. The number of likely N-dealkylation sites (tertiary alicyclic amines) is 1. The number of guanidine groups is 1. The Balaban J connectivity index is 1.73. The Morgan fingerprint density at radius 2 is 1.84 bits per heavy atom. The Morgan fingerprint density at radius 3 is 2.49 bits per heavy atom. The van der Waals surface area contributed by atoms with Gasteiger partial charge in [0.25, 0.3) is 5.91 Å². The number of benzene rings is 1. The van der Waals surface area contributed by atoms with Crippen LogP contribution in [-0.4, -0.2) is 82.2 Å². The molecule has 1 saturated heterocycles. The first-order valence-electron chi connectivity index (χ1n) is 14.7. The summed E-state index contributed by atoms with van der Waals surface area (Å²) in [7, 11) is 0. The second-order valence-corrected chi connectivity index (χ2v) is 12.4. The molecule has 3 atom stereocenters. The van der Waals surface area contributed by atoms with Gasteiger partial charge in [0, 0.05) is 30.4 Å². The Kier molecular flexibility index (Phi) is 12.8. The number of nitrogens with two attached hydrogens (primary N) is 2. The van der Waals surface area contributed by atoms with Gasteiger partial charge >= 0.3 is 6.09 Å². The van der Waals surface area contributed by atoms with Crippen molar-refractivity contribution in [3.63, 3.8) is 0 Å². The largest absolute Gasteiger partial charge is 0.445 e. The number of carbonyl (C=O) groups excluding carboxylic acids is 5. The lowest BCUT2D eigenvalue weighted by Crippen LogP contribution is -2.57. The molecule has 0 aliphatic carbocycles. The maximum atomic E-state index is 13.8. The van der Waals surface area contributed by atoms with E-state index in [4.69, 9.17) is 16.2 Å². The molecule has 0 radical (unpaired) electrons. The minimum absolute atomic E-state index is 0.0143. The lowest BCUT2D eigenvalue weighted by atomic mass is 10.0. The summed E-state index contributed by atoms with van der Waals surface area (Å²) in [6.45, 7) is 5.68. The number of rotatable bonds is 14. The number of aromatic nitrogens is 1.